The van der Waals surface area contributed by atoms with Gasteiger partial charge in [-0.3, -0.25) is 4.79 Å². The Morgan fingerprint density at radius 2 is 1.78 bits per heavy atom. The van der Waals surface area contributed by atoms with E-state index in [1.54, 1.807) is 11.1 Å². The first kappa shape index (κ1) is 17.3. The largest absolute Gasteiger partial charge is 0.368 e. The van der Waals surface area contributed by atoms with Crippen molar-refractivity contribution in [3.05, 3.63) is 75.9 Å². The molecule has 5 nitrogen and oxygen atoms in total. The maximum absolute atomic E-state index is 12.5. The summed E-state index contributed by atoms with van der Waals surface area (Å²) in [5, 5.41) is 20.4. The molecule has 1 amide bonds. The first-order valence-corrected chi connectivity index (χ1v) is 9.24. The van der Waals surface area contributed by atoms with Gasteiger partial charge in [-0.05, 0) is 34.9 Å². The van der Waals surface area contributed by atoms with Crippen molar-refractivity contribution in [1.82, 2.24) is 4.90 Å². The van der Waals surface area contributed by atoms with Crippen LogP contribution in [-0.4, -0.2) is 16.8 Å². The molecule has 0 aliphatic carbocycles. The fraction of sp³-hybridized carbons (Fsp3) is 0.190. The highest BCUT2D eigenvalue weighted by Gasteiger charge is 2.63. The van der Waals surface area contributed by atoms with Gasteiger partial charge in [-0.2, -0.15) is 10.5 Å². The predicted molar refractivity (Wildman–Crippen MR) is 104 cm³/mol. The van der Waals surface area contributed by atoms with Crippen LogP contribution in [0.5, 0.6) is 0 Å². The molecule has 0 bridgehead atoms. The maximum Gasteiger partial charge on any atom is 0.240 e. The number of rotatable bonds is 2. The molecule has 0 saturated carbocycles. The Balaban J connectivity index is 2.00. The molecule has 1 fully saturated rings. The van der Waals surface area contributed by atoms with E-state index in [-0.39, 0.29) is 0 Å². The lowest BCUT2D eigenvalue weighted by Crippen LogP contribution is -2.41. The van der Waals surface area contributed by atoms with Crippen molar-refractivity contribution in [3.63, 3.8) is 0 Å². The number of nitrogens with two attached hydrogens (primary N) is 1. The van der Waals surface area contributed by atoms with E-state index < -0.39 is 29.3 Å². The van der Waals surface area contributed by atoms with Crippen molar-refractivity contribution in [1.29, 1.82) is 10.5 Å². The first-order valence-electron chi connectivity index (χ1n) is 8.45. The third kappa shape index (κ3) is 2.38. The standard InChI is InChI=1S/C21H15BrN4O/c22-15-7-5-14(6-8-15)17-18(20(25)27)26-10-9-13-3-1-2-4-16(13)19(26)21(17,11-23)12-24/h1-10,17-19H,(H2,25,27). The second-order valence-corrected chi connectivity index (χ2v) is 7.68. The second kappa shape index (κ2) is 6.26. The van der Waals surface area contributed by atoms with Gasteiger partial charge < -0.3 is 10.6 Å². The van der Waals surface area contributed by atoms with E-state index in [1.807, 2.05) is 54.6 Å². The Morgan fingerprint density at radius 1 is 1.11 bits per heavy atom. The minimum absolute atomic E-state index is 0.552. The highest BCUT2D eigenvalue weighted by Crippen LogP contribution is 2.59. The lowest BCUT2D eigenvalue weighted by Gasteiger charge is -2.34. The molecule has 2 aromatic carbocycles. The summed E-state index contributed by atoms with van der Waals surface area (Å²) in [6.07, 6.45) is 3.68. The smallest absolute Gasteiger partial charge is 0.240 e. The third-order valence-electron chi connectivity index (χ3n) is 5.46. The van der Waals surface area contributed by atoms with Crippen molar-refractivity contribution in [2.24, 2.45) is 11.1 Å². The van der Waals surface area contributed by atoms with Crippen LogP contribution in [0.4, 0.5) is 0 Å². The fourth-order valence-corrected chi connectivity index (χ4v) is 4.63. The number of fused-ring (bicyclic) bond motifs is 3. The Bertz CT molecular complexity index is 1020. The molecular formula is C21H15BrN4O. The van der Waals surface area contributed by atoms with Gasteiger partial charge in [0.05, 0.1) is 18.2 Å². The zero-order valence-electron chi connectivity index (χ0n) is 14.2. The molecular weight excluding hydrogens is 404 g/mol. The Kier molecular flexibility index (Phi) is 4.02. The Hall–Kier alpha value is -3.09. The molecule has 1 saturated heterocycles. The summed E-state index contributed by atoms with van der Waals surface area (Å²) in [5.74, 6) is -1.22. The number of carbonyl (C=O) groups is 1. The van der Waals surface area contributed by atoms with Crippen molar-refractivity contribution in [2.75, 3.05) is 0 Å². The van der Waals surface area contributed by atoms with E-state index in [1.165, 1.54) is 0 Å². The van der Waals surface area contributed by atoms with Crippen molar-refractivity contribution in [2.45, 2.75) is 18.0 Å². The SMILES string of the molecule is N#CC1(C#N)C(c2ccc(Br)cc2)C(C(N)=O)N2C=Cc3ccccc3C21. The van der Waals surface area contributed by atoms with Gasteiger partial charge in [-0.25, -0.2) is 0 Å². The normalized spacial score (nSPS) is 24.4. The van der Waals surface area contributed by atoms with Gasteiger partial charge in [-0.1, -0.05) is 52.3 Å². The number of amides is 1. The monoisotopic (exact) mass is 418 g/mol. The van der Waals surface area contributed by atoms with Gasteiger partial charge in [0, 0.05) is 16.6 Å². The molecule has 3 unspecified atom stereocenters. The molecule has 0 radical (unpaired) electrons. The Labute approximate surface area is 165 Å². The number of hydrogen-bond acceptors (Lipinski definition) is 4. The lowest BCUT2D eigenvalue weighted by atomic mass is 9.68. The molecule has 4 rings (SSSR count). The summed E-state index contributed by atoms with van der Waals surface area (Å²) in [6, 6.07) is 18.1. The predicted octanol–water partition coefficient (Wildman–Crippen LogP) is 3.46. The van der Waals surface area contributed by atoms with E-state index in [9.17, 15) is 15.3 Å². The molecule has 27 heavy (non-hydrogen) atoms. The maximum atomic E-state index is 12.5. The highest BCUT2D eigenvalue weighted by atomic mass is 79.9. The van der Waals surface area contributed by atoms with Crippen LogP contribution in [0, 0.1) is 28.1 Å². The summed E-state index contributed by atoms with van der Waals surface area (Å²) in [7, 11) is 0. The van der Waals surface area contributed by atoms with Gasteiger partial charge in [0.15, 0.2) is 5.41 Å². The van der Waals surface area contributed by atoms with E-state index >= 15 is 0 Å². The minimum Gasteiger partial charge on any atom is -0.368 e. The van der Waals surface area contributed by atoms with Crippen LogP contribution in [0.25, 0.3) is 6.08 Å². The molecule has 2 aliphatic rings. The molecule has 2 aromatic rings. The number of primary amides is 1. The number of carbonyl (C=O) groups excluding carboxylic acids is 1. The van der Waals surface area contributed by atoms with Gasteiger partial charge in [-0.15, -0.1) is 0 Å². The number of nitriles is 2. The average molecular weight is 419 g/mol. The summed E-state index contributed by atoms with van der Waals surface area (Å²) in [4.78, 5) is 14.2. The molecule has 0 aromatic heterocycles. The summed E-state index contributed by atoms with van der Waals surface area (Å²) in [6.45, 7) is 0. The quantitative estimate of drug-likeness (QED) is 0.807. The molecule has 2 aliphatic heterocycles. The van der Waals surface area contributed by atoms with Crippen molar-refractivity contribution < 1.29 is 4.79 Å². The van der Waals surface area contributed by atoms with Crippen LogP contribution in [0.3, 0.4) is 0 Å². The van der Waals surface area contributed by atoms with Gasteiger partial charge >= 0.3 is 0 Å². The van der Waals surface area contributed by atoms with E-state index in [2.05, 4.69) is 28.1 Å². The minimum atomic E-state index is -1.45. The number of benzene rings is 2. The zero-order valence-corrected chi connectivity index (χ0v) is 15.8. The van der Waals surface area contributed by atoms with Gasteiger partial charge in [0.1, 0.15) is 6.04 Å². The molecule has 2 heterocycles. The summed E-state index contributed by atoms with van der Waals surface area (Å²) in [5.41, 5.74) is 6.86. The molecule has 0 spiro atoms. The van der Waals surface area contributed by atoms with Crippen LogP contribution in [-0.2, 0) is 4.79 Å². The van der Waals surface area contributed by atoms with Crippen LogP contribution in [0.2, 0.25) is 0 Å². The van der Waals surface area contributed by atoms with E-state index in [0.29, 0.717) is 0 Å². The van der Waals surface area contributed by atoms with Crippen LogP contribution < -0.4 is 5.73 Å². The topological polar surface area (TPSA) is 93.9 Å². The fourth-order valence-electron chi connectivity index (χ4n) is 4.36. The van der Waals surface area contributed by atoms with Gasteiger partial charge in [0.25, 0.3) is 0 Å². The zero-order chi connectivity index (χ0) is 19.2. The molecule has 2 N–H and O–H groups in total. The number of nitrogens with zero attached hydrogens (tertiary/aromatic N) is 3. The number of hydrogen-bond donors (Lipinski definition) is 1. The van der Waals surface area contributed by atoms with E-state index in [0.717, 1.165) is 21.2 Å². The average Bonchev–Trinajstić information content (AvgIpc) is 3.00. The first-order chi connectivity index (χ1) is 13.0. The molecule has 132 valence electrons. The van der Waals surface area contributed by atoms with Crippen LogP contribution >= 0.6 is 15.9 Å². The third-order valence-corrected chi connectivity index (χ3v) is 5.99. The molecule has 6 heteroatoms. The molecule has 3 atom stereocenters. The highest BCUT2D eigenvalue weighted by molar-refractivity contribution is 9.10. The van der Waals surface area contributed by atoms with Crippen molar-refractivity contribution >= 4 is 27.9 Å². The van der Waals surface area contributed by atoms with Crippen LogP contribution in [0.15, 0.2) is 59.2 Å². The lowest BCUT2D eigenvalue weighted by molar-refractivity contribution is -0.122. The second-order valence-electron chi connectivity index (χ2n) is 6.76. The van der Waals surface area contributed by atoms with Crippen LogP contribution in [0.1, 0.15) is 28.7 Å². The van der Waals surface area contributed by atoms with Gasteiger partial charge in [0.2, 0.25) is 5.91 Å². The van der Waals surface area contributed by atoms with E-state index in [4.69, 9.17) is 5.73 Å². The summed E-state index contributed by atoms with van der Waals surface area (Å²) < 4.78 is 0.877. The number of halogens is 1. The summed E-state index contributed by atoms with van der Waals surface area (Å²) >= 11 is 3.40. The Morgan fingerprint density at radius 3 is 2.41 bits per heavy atom. The van der Waals surface area contributed by atoms with Crippen molar-refractivity contribution in [3.8, 4) is 12.1 Å².